The first kappa shape index (κ1) is 17.4. The summed E-state index contributed by atoms with van der Waals surface area (Å²) < 4.78 is 13.2. The van der Waals surface area contributed by atoms with E-state index in [0.717, 1.165) is 37.9 Å². The van der Waals surface area contributed by atoms with Crippen molar-refractivity contribution in [1.29, 1.82) is 0 Å². The van der Waals surface area contributed by atoms with E-state index in [9.17, 15) is 9.50 Å². The molecule has 2 aromatic rings. The lowest BCUT2D eigenvalue weighted by molar-refractivity contribution is 0.0288. The van der Waals surface area contributed by atoms with Crippen LogP contribution >= 0.6 is 11.6 Å². The van der Waals surface area contributed by atoms with E-state index in [0.29, 0.717) is 11.6 Å². The van der Waals surface area contributed by atoms with Crippen molar-refractivity contribution >= 4 is 11.6 Å². The fraction of sp³-hybridized carbons (Fsp3) is 0.400. The molecule has 0 amide bonds. The van der Waals surface area contributed by atoms with Crippen LogP contribution in [-0.2, 0) is 13.0 Å². The Morgan fingerprint density at radius 3 is 2.67 bits per heavy atom. The third kappa shape index (κ3) is 4.15. The quantitative estimate of drug-likeness (QED) is 0.871. The molecule has 0 spiro atoms. The molecular weight excluding hydrogens is 325 g/mol. The molecular formula is C20H23ClFNO. The van der Waals surface area contributed by atoms with Crippen LogP contribution in [0, 0.1) is 11.2 Å². The van der Waals surface area contributed by atoms with Crippen molar-refractivity contribution in [2.24, 2.45) is 5.41 Å². The van der Waals surface area contributed by atoms with Gasteiger partial charge in [-0.05, 0) is 49.1 Å². The van der Waals surface area contributed by atoms with Crippen LogP contribution in [-0.4, -0.2) is 29.7 Å². The summed E-state index contributed by atoms with van der Waals surface area (Å²) in [6.45, 7) is 2.67. The molecule has 0 saturated carbocycles. The highest BCUT2D eigenvalue weighted by atomic mass is 35.5. The molecule has 3 rings (SSSR count). The highest BCUT2D eigenvalue weighted by Crippen LogP contribution is 2.34. The van der Waals surface area contributed by atoms with Crippen LogP contribution in [0.1, 0.15) is 24.0 Å². The van der Waals surface area contributed by atoms with Crippen molar-refractivity contribution in [1.82, 2.24) is 4.90 Å². The minimum Gasteiger partial charge on any atom is -0.396 e. The summed E-state index contributed by atoms with van der Waals surface area (Å²) in [5.41, 5.74) is 2.08. The van der Waals surface area contributed by atoms with Crippen molar-refractivity contribution in [3.63, 3.8) is 0 Å². The van der Waals surface area contributed by atoms with Gasteiger partial charge in [0.15, 0.2) is 0 Å². The van der Waals surface area contributed by atoms with Crippen molar-refractivity contribution < 1.29 is 9.50 Å². The Hall–Kier alpha value is -1.42. The van der Waals surface area contributed by atoms with Crippen LogP contribution in [0.15, 0.2) is 48.5 Å². The second kappa shape index (κ2) is 7.64. The molecule has 1 saturated heterocycles. The van der Waals surface area contributed by atoms with Crippen molar-refractivity contribution in [3.8, 4) is 0 Å². The third-order valence-electron chi connectivity index (χ3n) is 4.91. The highest BCUT2D eigenvalue weighted by molar-refractivity contribution is 6.31. The lowest BCUT2D eigenvalue weighted by Crippen LogP contribution is -2.46. The zero-order chi connectivity index (χ0) is 17.0. The second-order valence-electron chi connectivity index (χ2n) is 6.87. The highest BCUT2D eigenvalue weighted by Gasteiger charge is 2.35. The first-order valence-corrected chi connectivity index (χ1v) is 8.79. The molecule has 1 heterocycles. The van der Waals surface area contributed by atoms with Crippen molar-refractivity contribution in [3.05, 3.63) is 70.5 Å². The largest absolute Gasteiger partial charge is 0.396 e. The van der Waals surface area contributed by atoms with E-state index in [2.05, 4.69) is 17.0 Å². The van der Waals surface area contributed by atoms with Crippen molar-refractivity contribution in [2.45, 2.75) is 25.8 Å². The van der Waals surface area contributed by atoms with Crippen LogP contribution in [0.3, 0.4) is 0 Å². The molecule has 24 heavy (non-hydrogen) atoms. The standard InChI is InChI=1S/C20H23ClFNO/c21-19-11-18(22)8-7-17(19)13-23-10-4-9-20(14-23,15-24)12-16-5-2-1-3-6-16/h1-3,5-8,11,24H,4,9-10,12-15H2. The second-order valence-corrected chi connectivity index (χ2v) is 7.28. The Bertz CT molecular complexity index is 679. The van der Waals surface area contributed by atoms with Gasteiger partial charge >= 0.3 is 0 Å². The molecule has 0 aliphatic carbocycles. The predicted molar refractivity (Wildman–Crippen MR) is 95.6 cm³/mol. The van der Waals surface area contributed by atoms with Crippen LogP contribution in [0.2, 0.25) is 5.02 Å². The van der Waals surface area contributed by atoms with Gasteiger partial charge in [0.25, 0.3) is 0 Å². The lowest BCUT2D eigenvalue weighted by Gasteiger charge is -2.42. The van der Waals surface area contributed by atoms with E-state index < -0.39 is 0 Å². The number of likely N-dealkylation sites (tertiary alicyclic amines) is 1. The van der Waals surface area contributed by atoms with E-state index in [-0.39, 0.29) is 17.8 Å². The average Bonchev–Trinajstić information content (AvgIpc) is 2.59. The fourth-order valence-electron chi connectivity index (χ4n) is 3.69. The van der Waals surface area contributed by atoms with Crippen LogP contribution in [0.5, 0.6) is 0 Å². The molecule has 1 aliphatic rings. The first-order chi connectivity index (χ1) is 11.6. The maximum atomic E-state index is 13.2. The number of piperidine rings is 1. The minimum atomic E-state index is -0.309. The summed E-state index contributed by atoms with van der Waals surface area (Å²) >= 11 is 6.17. The van der Waals surface area contributed by atoms with Gasteiger partial charge in [-0.25, -0.2) is 4.39 Å². The monoisotopic (exact) mass is 347 g/mol. The van der Waals surface area contributed by atoms with Crippen molar-refractivity contribution in [2.75, 3.05) is 19.7 Å². The first-order valence-electron chi connectivity index (χ1n) is 8.41. The molecule has 0 aromatic heterocycles. The lowest BCUT2D eigenvalue weighted by atomic mass is 9.75. The average molecular weight is 348 g/mol. The molecule has 128 valence electrons. The molecule has 1 unspecified atom stereocenters. The number of benzene rings is 2. The van der Waals surface area contributed by atoms with E-state index in [1.165, 1.54) is 17.7 Å². The summed E-state index contributed by atoms with van der Waals surface area (Å²) in [6, 6.07) is 14.9. The Morgan fingerprint density at radius 1 is 1.17 bits per heavy atom. The Morgan fingerprint density at radius 2 is 1.96 bits per heavy atom. The van der Waals surface area contributed by atoms with Gasteiger partial charge in [-0.3, -0.25) is 4.90 Å². The number of hydrogen-bond acceptors (Lipinski definition) is 2. The maximum Gasteiger partial charge on any atom is 0.124 e. The third-order valence-corrected chi connectivity index (χ3v) is 5.26. The topological polar surface area (TPSA) is 23.5 Å². The summed E-state index contributed by atoms with van der Waals surface area (Å²) in [7, 11) is 0. The smallest absolute Gasteiger partial charge is 0.124 e. The molecule has 1 aliphatic heterocycles. The zero-order valence-electron chi connectivity index (χ0n) is 13.7. The summed E-state index contributed by atoms with van der Waals surface area (Å²) in [4.78, 5) is 2.32. The van der Waals surface area contributed by atoms with Crippen LogP contribution in [0.4, 0.5) is 4.39 Å². The predicted octanol–water partition coefficient (Wildman–Crippen LogP) is 4.30. The normalized spacial score (nSPS) is 21.8. The molecule has 1 N–H and O–H groups in total. The number of hydrogen-bond donors (Lipinski definition) is 1. The molecule has 0 radical (unpaired) electrons. The summed E-state index contributed by atoms with van der Waals surface area (Å²) in [5, 5.41) is 10.5. The fourth-order valence-corrected chi connectivity index (χ4v) is 3.92. The number of aliphatic hydroxyl groups excluding tert-OH is 1. The van der Waals surface area contributed by atoms with Gasteiger partial charge in [0.05, 0.1) is 6.61 Å². The molecule has 1 fully saturated rings. The van der Waals surface area contributed by atoms with Crippen LogP contribution < -0.4 is 0 Å². The Balaban J connectivity index is 1.72. The SMILES string of the molecule is OCC1(Cc2ccccc2)CCCN(Cc2ccc(F)cc2Cl)C1. The minimum absolute atomic E-state index is 0.119. The van der Waals surface area contributed by atoms with Gasteiger partial charge in [-0.2, -0.15) is 0 Å². The molecule has 2 aromatic carbocycles. The maximum absolute atomic E-state index is 13.2. The summed E-state index contributed by atoms with van der Waals surface area (Å²) in [5.74, 6) is -0.309. The van der Waals surface area contributed by atoms with Gasteiger partial charge in [-0.15, -0.1) is 0 Å². The van der Waals surface area contributed by atoms with Crippen LogP contribution in [0.25, 0.3) is 0 Å². The van der Waals surface area contributed by atoms with E-state index in [1.54, 1.807) is 6.07 Å². The number of rotatable bonds is 5. The van der Waals surface area contributed by atoms with E-state index in [4.69, 9.17) is 11.6 Å². The van der Waals surface area contributed by atoms with Gasteiger partial charge in [-0.1, -0.05) is 48.0 Å². The van der Waals surface area contributed by atoms with E-state index in [1.807, 2.05) is 18.2 Å². The molecule has 4 heteroatoms. The Labute approximate surface area is 147 Å². The number of aliphatic hydroxyl groups is 1. The number of nitrogens with zero attached hydrogens (tertiary/aromatic N) is 1. The number of halogens is 2. The zero-order valence-corrected chi connectivity index (χ0v) is 14.5. The van der Waals surface area contributed by atoms with Gasteiger partial charge < -0.3 is 5.11 Å². The van der Waals surface area contributed by atoms with Gasteiger partial charge in [0.2, 0.25) is 0 Å². The molecule has 1 atom stereocenters. The van der Waals surface area contributed by atoms with Gasteiger partial charge in [0.1, 0.15) is 5.82 Å². The Kier molecular flexibility index (Phi) is 5.54. The van der Waals surface area contributed by atoms with Gasteiger partial charge in [0, 0.05) is 23.5 Å². The van der Waals surface area contributed by atoms with E-state index >= 15 is 0 Å². The summed E-state index contributed by atoms with van der Waals surface area (Å²) in [6.07, 6.45) is 2.94. The molecule has 0 bridgehead atoms. The molecule has 2 nitrogen and oxygen atoms in total.